The molecule has 1 aromatic rings. The number of carbonyl (C=O) groups is 2. The molecular weight excluding hydrogens is 301 g/mol. The van der Waals surface area contributed by atoms with Crippen molar-refractivity contribution < 1.29 is 27.9 Å². The average Bonchev–Trinajstić information content (AvgIpc) is 2.69. The topological polar surface area (TPSA) is 60.9 Å². The highest BCUT2D eigenvalue weighted by molar-refractivity contribution is 6.14. The van der Waals surface area contributed by atoms with Gasteiger partial charge in [-0.3, -0.25) is 9.59 Å². The number of hydrazine groups is 1. The van der Waals surface area contributed by atoms with Crippen LogP contribution in [0.2, 0.25) is 0 Å². The van der Waals surface area contributed by atoms with E-state index in [2.05, 4.69) is 0 Å². The Morgan fingerprint density at radius 3 is 2.23 bits per heavy atom. The number of carbonyl (C=O) groups excluding carboxylic acids is 2. The van der Waals surface area contributed by atoms with Crippen molar-refractivity contribution >= 4 is 17.5 Å². The lowest BCUT2D eigenvalue weighted by Gasteiger charge is -2.28. The van der Waals surface area contributed by atoms with Crippen molar-refractivity contribution in [3.05, 3.63) is 24.3 Å². The molecule has 1 N–H and O–H groups in total. The van der Waals surface area contributed by atoms with Crippen molar-refractivity contribution in [2.75, 3.05) is 5.01 Å². The van der Waals surface area contributed by atoms with Gasteiger partial charge in [0.25, 0.3) is 11.8 Å². The summed E-state index contributed by atoms with van der Waals surface area (Å²) >= 11 is 0. The van der Waals surface area contributed by atoms with Gasteiger partial charge in [-0.05, 0) is 30.7 Å². The molecule has 22 heavy (non-hydrogen) atoms. The number of halogens is 3. The Morgan fingerprint density at radius 1 is 1.14 bits per heavy atom. The van der Waals surface area contributed by atoms with Crippen LogP contribution in [0, 0.1) is 5.92 Å². The third-order valence-electron chi connectivity index (χ3n) is 3.39. The zero-order valence-electron chi connectivity index (χ0n) is 11.8. The fraction of sp³-hybridized carbons (Fsp3) is 0.429. The van der Waals surface area contributed by atoms with Crippen molar-refractivity contribution in [3.63, 3.8) is 0 Å². The third kappa shape index (κ3) is 2.86. The molecule has 8 heteroatoms. The molecule has 0 spiro atoms. The van der Waals surface area contributed by atoms with Crippen LogP contribution in [0.15, 0.2) is 24.3 Å². The zero-order valence-corrected chi connectivity index (χ0v) is 11.8. The smallest absolute Gasteiger partial charge is 0.506 e. The van der Waals surface area contributed by atoms with E-state index in [1.807, 2.05) is 6.92 Å². The first-order valence-corrected chi connectivity index (χ1v) is 6.81. The molecule has 5 nitrogen and oxygen atoms in total. The van der Waals surface area contributed by atoms with Crippen LogP contribution >= 0.6 is 0 Å². The van der Waals surface area contributed by atoms with E-state index in [0.29, 0.717) is 17.9 Å². The van der Waals surface area contributed by atoms with Crippen LogP contribution in [0.1, 0.15) is 26.2 Å². The molecule has 0 bridgehead atoms. The number of amides is 2. The number of phenols is 1. The Labute approximate surface area is 124 Å². The molecule has 1 aliphatic heterocycles. The van der Waals surface area contributed by atoms with Crippen molar-refractivity contribution in [1.29, 1.82) is 0 Å². The van der Waals surface area contributed by atoms with Crippen molar-refractivity contribution in [1.82, 2.24) is 5.01 Å². The zero-order chi connectivity index (χ0) is 16.5. The SMILES string of the molecule is CCCCC1C(=O)N(c2ccc(O)cc2)N(C(F)(F)F)C1=O. The van der Waals surface area contributed by atoms with E-state index in [0.717, 1.165) is 24.3 Å². The molecule has 1 aromatic carbocycles. The Morgan fingerprint density at radius 2 is 1.73 bits per heavy atom. The number of rotatable bonds is 4. The normalized spacial score (nSPS) is 19.2. The lowest BCUT2D eigenvalue weighted by Crippen LogP contribution is -2.49. The van der Waals surface area contributed by atoms with Gasteiger partial charge in [0, 0.05) is 0 Å². The van der Waals surface area contributed by atoms with Crippen LogP contribution in [0.5, 0.6) is 5.75 Å². The van der Waals surface area contributed by atoms with E-state index in [-0.39, 0.29) is 17.9 Å². The van der Waals surface area contributed by atoms with E-state index >= 15 is 0 Å². The molecule has 0 aliphatic carbocycles. The Kier molecular flexibility index (Phi) is 4.30. The minimum absolute atomic E-state index is 0.0787. The second kappa shape index (κ2) is 5.86. The number of hydrogen-bond acceptors (Lipinski definition) is 3. The quantitative estimate of drug-likeness (QED) is 0.686. The van der Waals surface area contributed by atoms with Gasteiger partial charge in [-0.2, -0.15) is 5.01 Å². The predicted molar refractivity (Wildman–Crippen MR) is 71.5 cm³/mol. The van der Waals surface area contributed by atoms with Crippen molar-refractivity contribution in [3.8, 4) is 5.75 Å². The second-order valence-corrected chi connectivity index (χ2v) is 4.98. The molecule has 1 atom stereocenters. The van der Waals surface area contributed by atoms with Crippen molar-refractivity contribution in [2.24, 2.45) is 5.92 Å². The molecule has 0 aromatic heterocycles. The molecule has 1 aliphatic rings. The van der Waals surface area contributed by atoms with E-state index in [1.165, 1.54) is 0 Å². The number of phenolic OH excluding ortho intramolecular Hbond substituents is 1. The number of unbranched alkanes of at least 4 members (excludes halogenated alkanes) is 1. The molecule has 2 rings (SSSR count). The maximum Gasteiger partial charge on any atom is 0.506 e. The first kappa shape index (κ1) is 16.1. The predicted octanol–water partition coefficient (Wildman–Crippen LogP) is 2.81. The van der Waals surface area contributed by atoms with E-state index < -0.39 is 29.0 Å². The van der Waals surface area contributed by atoms with Gasteiger partial charge < -0.3 is 5.11 Å². The van der Waals surface area contributed by atoms with Gasteiger partial charge >= 0.3 is 6.30 Å². The summed E-state index contributed by atoms with van der Waals surface area (Å²) in [4.78, 5) is 24.3. The summed E-state index contributed by atoms with van der Waals surface area (Å²) in [5.74, 6) is -3.64. The maximum atomic E-state index is 13.2. The highest BCUT2D eigenvalue weighted by Gasteiger charge is 2.57. The van der Waals surface area contributed by atoms with Crippen LogP contribution in [-0.4, -0.2) is 28.2 Å². The summed E-state index contributed by atoms with van der Waals surface area (Å²) in [6, 6.07) is 4.62. The molecular formula is C14H15F3N2O3. The van der Waals surface area contributed by atoms with E-state index in [4.69, 9.17) is 0 Å². The summed E-state index contributed by atoms with van der Waals surface area (Å²) in [7, 11) is 0. The molecule has 1 fully saturated rings. The largest absolute Gasteiger partial charge is 0.508 e. The number of anilines is 1. The number of nitrogens with zero attached hydrogens (tertiary/aromatic N) is 2. The molecule has 1 saturated heterocycles. The van der Waals surface area contributed by atoms with Crippen LogP contribution in [0.25, 0.3) is 0 Å². The van der Waals surface area contributed by atoms with E-state index in [1.54, 1.807) is 0 Å². The molecule has 0 saturated carbocycles. The highest BCUT2D eigenvalue weighted by atomic mass is 19.4. The van der Waals surface area contributed by atoms with Gasteiger partial charge in [0.2, 0.25) is 0 Å². The first-order chi connectivity index (χ1) is 10.3. The van der Waals surface area contributed by atoms with Crippen LogP contribution in [-0.2, 0) is 9.59 Å². The monoisotopic (exact) mass is 316 g/mol. The Balaban J connectivity index is 2.41. The number of alkyl halides is 3. The number of aromatic hydroxyl groups is 1. The summed E-state index contributed by atoms with van der Waals surface area (Å²) < 4.78 is 39.5. The van der Waals surface area contributed by atoms with Gasteiger partial charge in [-0.25, -0.2) is 5.01 Å². The van der Waals surface area contributed by atoms with Gasteiger partial charge in [-0.15, -0.1) is 13.2 Å². The van der Waals surface area contributed by atoms with Gasteiger partial charge in [-0.1, -0.05) is 19.8 Å². The third-order valence-corrected chi connectivity index (χ3v) is 3.39. The van der Waals surface area contributed by atoms with Gasteiger partial charge in [0.15, 0.2) is 0 Å². The molecule has 1 heterocycles. The fourth-order valence-electron chi connectivity index (χ4n) is 2.33. The van der Waals surface area contributed by atoms with Crippen LogP contribution < -0.4 is 5.01 Å². The van der Waals surface area contributed by atoms with Gasteiger partial charge in [0.1, 0.15) is 11.7 Å². The van der Waals surface area contributed by atoms with Crippen LogP contribution in [0.3, 0.4) is 0 Å². The second-order valence-electron chi connectivity index (χ2n) is 4.98. The molecule has 1 unspecified atom stereocenters. The summed E-state index contributed by atoms with van der Waals surface area (Å²) in [6.45, 7) is 1.82. The Hall–Kier alpha value is -2.25. The Bertz CT molecular complexity index is 572. The minimum Gasteiger partial charge on any atom is -0.508 e. The minimum atomic E-state index is -4.99. The van der Waals surface area contributed by atoms with Crippen LogP contribution in [0.4, 0.5) is 18.9 Å². The summed E-state index contributed by atoms with van der Waals surface area (Å²) in [5, 5.41) is 9.08. The molecule has 2 amide bonds. The lowest BCUT2D eigenvalue weighted by molar-refractivity contribution is -0.238. The molecule has 120 valence electrons. The number of hydrogen-bond donors (Lipinski definition) is 1. The lowest BCUT2D eigenvalue weighted by atomic mass is 10.0. The average molecular weight is 316 g/mol. The fourth-order valence-corrected chi connectivity index (χ4v) is 2.33. The highest BCUT2D eigenvalue weighted by Crippen LogP contribution is 2.37. The van der Waals surface area contributed by atoms with E-state index in [9.17, 15) is 27.9 Å². The maximum absolute atomic E-state index is 13.2. The van der Waals surface area contributed by atoms with Gasteiger partial charge in [0.05, 0.1) is 5.69 Å². The first-order valence-electron chi connectivity index (χ1n) is 6.81. The molecule has 0 radical (unpaired) electrons. The number of benzene rings is 1. The summed E-state index contributed by atoms with van der Waals surface area (Å²) in [5.41, 5.74) is -0.118. The standard InChI is InChI=1S/C14H15F3N2O3/c1-2-3-4-11-12(21)18(9-5-7-10(20)8-6-9)19(13(11)22)14(15,16)17/h5-8,11,20H,2-4H2,1H3. The summed E-state index contributed by atoms with van der Waals surface area (Å²) in [6.07, 6.45) is -3.76. The van der Waals surface area contributed by atoms with Crippen molar-refractivity contribution in [2.45, 2.75) is 32.5 Å².